The van der Waals surface area contributed by atoms with Crippen LogP contribution in [0.1, 0.15) is 39.0 Å². The van der Waals surface area contributed by atoms with Crippen LogP contribution in [0.3, 0.4) is 0 Å². The highest BCUT2D eigenvalue weighted by molar-refractivity contribution is 5.89. The van der Waals surface area contributed by atoms with E-state index in [4.69, 9.17) is 4.74 Å². The first kappa shape index (κ1) is 15.6. The van der Waals surface area contributed by atoms with E-state index < -0.39 is 5.60 Å². The Morgan fingerprint density at radius 2 is 2.14 bits per heavy atom. The summed E-state index contributed by atoms with van der Waals surface area (Å²) in [5, 5.41) is 15.7. The molecule has 5 nitrogen and oxygen atoms in total. The molecule has 0 spiro atoms. The van der Waals surface area contributed by atoms with Crippen LogP contribution in [0, 0.1) is 0 Å². The van der Waals surface area contributed by atoms with Crippen molar-refractivity contribution in [2.24, 2.45) is 0 Å². The van der Waals surface area contributed by atoms with Crippen LogP contribution < -0.4 is 15.4 Å². The van der Waals surface area contributed by atoms with Crippen molar-refractivity contribution >= 4 is 11.7 Å². The van der Waals surface area contributed by atoms with Gasteiger partial charge in [-0.2, -0.15) is 0 Å². The average molecular weight is 292 g/mol. The lowest BCUT2D eigenvalue weighted by Crippen LogP contribution is -2.42. The van der Waals surface area contributed by atoms with Crippen LogP contribution in [0.25, 0.3) is 0 Å². The van der Waals surface area contributed by atoms with Gasteiger partial charge >= 0.3 is 6.03 Å². The minimum atomic E-state index is -0.733. The lowest BCUT2D eigenvalue weighted by atomic mass is 10.0. The van der Waals surface area contributed by atoms with Crippen molar-refractivity contribution in [1.29, 1.82) is 0 Å². The Bertz CT molecular complexity index is 470. The second-order valence-corrected chi connectivity index (χ2v) is 5.62. The van der Waals surface area contributed by atoms with Gasteiger partial charge in [0.2, 0.25) is 0 Å². The summed E-state index contributed by atoms with van der Waals surface area (Å²) < 4.78 is 5.52. The molecular formula is C16H24N2O3. The zero-order valence-electron chi connectivity index (χ0n) is 12.5. The van der Waals surface area contributed by atoms with E-state index in [1.807, 2.05) is 25.1 Å². The highest BCUT2D eigenvalue weighted by Crippen LogP contribution is 2.28. The highest BCUT2D eigenvalue weighted by atomic mass is 16.5. The largest absolute Gasteiger partial charge is 0.494 e. The minimum Gasteiger partial charge on any atom is -0.494 e. The smallest absolute Gasteiger partial charge is 0.319 e. The number of hydrogen-bond acceptors (Lipinski definition) is 3. The predicted molar refractivity (Wildman–Crippen MR) is 82.7 cm³/mol. The second kappa shape index (κ2) is 7.31. The van der Waals surface area contributed by atoms with Crippen molar-refractivity contribution in [2.45, 2.75) is 44.6 Å². The van der Waals surface area contributed by atoms with Gasteiger partial charge in [0.05, 0.1) is 12.2 Å². The van der Waals surface area contributed by atoms with Crippen molar-refractivity contribution in [3.05, 3.63) is 24.3 Å². The normalized spacial score (nSPS) is 16.5. The van der Waals surface area contributed by atoms with Gasteiger partial charge in [-0.1, -0.05) is 25.8 Å². The summed E-state index contributed by atoms with van der Waals surface area (Å²) in [7, 11) is 0. The second-order valence-electron chi connectivity index (χ2n) is 5.62. The Morgan fingerprint density at radius 3 is 2.86 bits per heavy atom. The molecule has 2 rings (SSSR count). The SMILES string of the molecule is CCCOc1cccc(NC(=O)NCC2(O)CCCC2)c1. The Morgan fingerprint density at radius 1 is 1.38 bits per heavy atom. The number of urea groups is 1. The molecule has 0 atom stereocenters. The van der Waals surface area contributed by atoms with Gasteiger partial charge in [0.25, 0.3) is 0 Å². The van der Waals surface area contributed by atoms with Crippen molar-refractivity contribution in [2.75, 3.05) is 18.5 Å². The number of aliphatic hydroxyl groups is 1. The molecule has 0 unspecified atom stereocenters. The number of benzene rings is 1. The molecule has 21 heavy (non-hydrogen) atoms. The van der Waals surface area contributed by atoms with Crippen molar-refractivity contribution in [3.8, 4) is 5.75 Å². The number of carbonyl (C=O) groups excluding carboxylic acids is 1. The summed E-state index contributed by atoms with van der Waals surface area (Å²) in [5.74, 6) is 0.740. The van der Waals surface area contributed by atoms with Crippen LogP contribution in [0.4, 0.5) is 10.5 Å². The first-order chi connectivity index (χ1) is 10.1. The fourth-order valence-electron chi connectivity index (χ4n) is 2.51. The molecule has 0 bridgehead atoms. The molecule has 1 saturated carbocycles. The van der Waals surface area contributed by atoms with E-state index >= 15 is 0 Å². The molecule has 0 radical (unpaired) electrons. The molecular weight excluding hydrogens is 268 g/mol. The zero-order valence-corrected chi connectivity index (χ0v) is 12.5. The van der Waals surface area contributed by atoms with Crippen molar-refractivity contribution in [1.82, 2.24) is 5.32 Å². The number of ether oxygens (including phenoxy) is 1. The van der Waals surface area contributed by atoms with Crippen LogP contribution >= 0.6 is 0 Å². The van der Waals surface area contributed by atoms with E-state index in [9.17, 15) is 9.90 Å². The van der Waals surface area contributed by atoms with Crippen molar-refractivity contribution in [3.63, 3.8) is 0 Å². The third-order valence-corrected chi connectivity index (χ3v) is 3.68. The van der Waals surface area contributed by atoms with Crippen LogP contribution in [-0.4, -0.2) is 29.9 Å². The Labute approximate surface area is 125 Å². The molecule has 0 aromatic heterocycles. The Kier molecular flexibility index (Phi) is 5.44. The number of nitrogens with one attached hydrogen (secondary N) is 2. The Hall–Kier alpha value is -1.75. The van der Waals surface area contributed by atoms with E-state index in [0.29, 0.717) is 18.8 Å². The molecule has 5 heteroatoms. The summed E-state index contributed by atoms with van der Waals surface area (Å²) in [4.78, 5) is 11.9. The van der Waals surface area contributed by atoms with Crippen LogP contribution in [-0.2, 0) is 0 Å². The molecule has 1 aromatic carbocycles. The van der Waals surface area contributed by atoms with E-state index in [1.54, 1.807) is 6.07 Å². The summed E-state index contributed by atoms with van der Waals surface area (Å²) in [5.41, 5.74) is -0.0526. The van der Waals surface area contributed by atoms with Gasteiger partial charge in [-0.05, 0) is 31.4 Å². The van der Waals surface area contributed by atoms with Gasteiger partial charge in [0.1, 0.15) is 5.75 Å². The van der Waals surface area contributed by atoms with E-state index in [0.717, 1.165) is 37.9 Å². The van der Waals surface area contributed by atoms with Gasteiger partial charge in [0.15, 0.2) is 0 Å². The van der Waals surface area contributed by atoms with Crippen molar-refractivity contribution < 1.29 is 14.6 Å². The maximum Gasteiger partial charge on any atom is 0.319 e. The van der Waals surface area contributed by atoms with Gasteiger partial charge in [-0.3, -0.25) is 0 Å². The number of amides is 2. The summed E-state index contributed by atoms with van der Waals surface area (Å²) >= 11 is 0. The summed E-state index contributed by atoms with van der Waals surface area (Å²) in [6.07, 6.45) is 4.51. The molecule has 0 saturated heterocycles. The number of carbonyl (C=O) groups is 1. The minimum absolute atomic E-state index is 0.296. The quantitative estimate of drug-likeness (QED) is 0.755. The summed E-state index contributed by atoms with van der Waals surface area (Å²) in [6, 6.07) is 7.00. The Balaban J connectivity index is 1.81. The molecule has 3 N–H and O–H groups in total. The van der Waals surface area contributed by atoms with Crippen LogP contribution in [0.2, 0.25) is 0 Å². The van der Waals surface area contributed by atoms with Gasteiger partial charge < -0.3 is 20.5 Å². The molecule has 1 aliphatic rings. The molecule has 0 heterocycles. The number of anilines is 1. The maximum atomic E-state index is 11.9. The molecule has 116 valence electrons. The van der Waals surface area contributed by atoms with Crippen LogP contribution in [0.15, 0.2) is 24.3 Å². The fourth-order valence-corrected chi connectivity index (χ4v) is 2.51. The third kappa shape index (κ3) is 4.93. The average Bonchev–Trinajstić information content (AvgIpc) is 2.91. The first-order valence-electron chi connectivity index (χ1n) is 7.61. The number of rotatable bonds is 6. The van der Waals surface area contributed by atoms with Gasteiger partial charge in [-0.25, -0.2) is 4.79 Å². The molecule has 1 aliphatic carbocycles. The first-order valence-corrected chi connectivity index (χ1v) is 7.61. The molecule has 1 aromatic rings. The molecule has 0 aliphatic heterocycles. The van der Waals surface area contributed by atoms with Gasteiger partial charge in [0, 0.05) is 18.3 Å². The molecule has 2 amide bonds. The maximum absolute atomic E-state index is 11.9. The predicted octanol–water partition coefficient (Wildman–Crippen LogP) is 2.90. The third-order valence-electron chi connectivity index (χ3n) is 3.68. The number of hydrogen-bond donors (Lipinski definition) is 3. The van der Waals surface area contributed by atoms with E-state index in [2.05, 4.69) is 10.6 Å². The topological polar surface area (TPSA) is 70.6 Å². The van der Waals surface area contributed by atoms with Crippen LogP contribution in [0.5, 0.6) is 5.75 Å². The molecule has 1 fully saturated rings. The highest BCUT2D eigenvalue weighted by Gasteiger charge is 2.31. The van der Waals surface area contributed by atoms with E-state index in [-0.39, 0.29) is 6.03 Å². The lowest BCUT2D eigenvalue weighted by molar-refractivity contribution is 0.0506. The van der Waals surface area contributed by atoms with E-state index in [1.165, 1.54) is 0 Å². The lowest BCUT2D eigenvalue weighted by Gasteiger charge is -2.22. The van der Waals surface area contributed by atoms with Gasteiger partial charge in [-0.15, -0.1) is 0 Å². The monoisotopic (exact) mass is 292 g/mol. The fraction of sp³-hybridized carbons (Fsp3) is 0.562. The summed E-state index contributed by atoms with van der Waals surface area (Å²) in [6.45, 7) is 3.00. The standard InChI is InChI=1S/C16H24N2O3/c1-2-10-21-14-7-5-6-13(11-14)18-15(19)17-12-16(20)8-3-4-9-16/h5-7,11,20H,2-4,8-10,12H2,1H3,(H2,17,18,19). The zero-order chi connectivity index (χ0) is 15.1.